The smallest absolute Gasteiger partial charge is 0.314 e. The average Bonchev–Trinajstić information content (AvgIpc) is 2.63. The normalized spacial score (nSPS) is 16.4. The highest BCUT2D eigenvalue weighted by molar-refractivity contribution is 6.68. The number of nitrogens with zero attached hydrogens (tertiary/aromatic N) is 1. The monoisotopic (exact) mass is 296 g/mol. The van der Waals surface area contributed by atoms with Crippen LogP contribution in [0.25, 0.3) is 11.1 Å². The van der Waals surface area contributed by atoms with Gasteiger partial charge in [0, 0.05) is 11.8 Å². The number of nitrogens with two attached hydrogens (primary N) is 1. The maximum Gasteiger partial charge on any atom is 0.314 e. The fourth-order valence-corrected chi connectivity index (χ4v) is 3.04. The highest BCUT2D eigenvalue weighted by Gasteiger charge is 2.26. The van der Waals surface area contributed by atoms with Crippen molar-refractivity contribution in [2.24, 2.45) is 5.73 Å². The van der Waals surface area contributed by atoms with E-state index >= 15 is 0 Å². The molecule has 3 heteroatoms. The zero-order valence-corrected chi connectivity index (χ0v) is 12.8. The van der Waals surface area contributed by atoms with Crippen LogP contribution in [0.5, 0.6) is 0 Å². The van der Waals surface area contributed by atoms with Crippen LogP contribution >= 0.6 is 0 Å². The molecule has 0 saturated heterocycles. The van der Waals surface area contributed by atoms with Gasteiger partial charge in [-0.05, 0) is 16.7 Å². The summed E-state index contributed by atoms with van der Waals surface area (Å²) in [4.78, 5) is 2.14. The van der Waals surface area contributed by atoms with Gasteiger partial charge in [0.25, 0.3) is 0 Å². The molecular weight excluding hydrogens is 279 g/mol. The van der Waals surface area contributed by atoms with Crippen LogP contribution in [0.1, 0.15) is 11.1 Å². The highest BCUT2D eigenvalue weighted by Crippen LogP contribution is 2.30. The third-order valence-electron chi connectivity index (χ3n) is 4.28. The summed E-state index contributed by atoms with van der Waals surface area (Å²) in [6.45, 7) is 0.190. The third kappa shape index (κ3) is 2.51. The van der Waals surface area contributed by atoms with Crippen LogP contribution in [0.3, 0.4) is 0 Å². The molecule has 0 atom stereocenters. The van der Waals surface area contributed by atoms with Gasteiger partial charge >= 0.3 is 6.85 Å². The van der Waals surface area contributed by atoms with Crippen molar-refractivity contribution in [1.82, 2.24) is 4.81 Å². The van der Waals surface area contributed by atoms with Crippen molar-refractivity contribution >= 4 is 18.0 Å². The summed E-state index contributed by atoms with van der Waals surface area (Å²) < 4.78 is 0. The summed E-state index contributed by atoms with van der Waals surface area (Å²) in [7, 11) is 0. The van der Waals surface area contributed by atoms with Gasteiger partial charge in [0.1, 0.15) is 0 Å². The molecule has 2 nitrogen and oxygen atoms in total. The lowest BCUT2D eigenvalue weighted by Crippen LogP contribution is -2.39. The summed E-state index contributed by atoms with van der Waals surface area (Å²) >= 11 is 0. The largest absolute Gasteiger partial charge is 0.386 e. The minimum absolute atomic E-state index is 0.190. The van der Waals surface area contributed by atoms with Gasteiger partial charge in [-0.2, -0.15) is 0 Å². The standard InChI is InChI=1S/C20H17BN2/c22-20-19(17-9-5-2-6-10-17)12-14-21-13-11-18(15-23(20)21)16-7-3-1-4-8-16/h1-15H,22H2. The molecule has 0 bridgehead atoms. The van der Waals surface area contributed by atoms with Crippen molar-refractivity contribution in [2.75, 3.05) is 0 Å². The molecule has 0 saturated carbocycles. The molecule has 2 aliphatic heterocycles. The van der Waals surface area contributed by atoms with Crippen LogP contribution in [0, 0.1) is 0 Å². The Balaban J connectivity index is 1.75. The summed E-state index contributed by atoms with van der Waals surface area (Å²) in [5, 5.41) is 0. The predicted molar refractivity (Wildman–Crippen MR) is 97.8 cm³/mol. The van der Waals surface area contributed by atoms with Crippen LogP contribution in [0.15, 0.2) is 96.8 Å². The number of rotatable bonds is 2. The first-order chi connectivity index (χ1) is 11.3. The molecule has 0 aromatic heterocycles. The van der Waals surface area contributed by atoms with Gasteiger partial charge in [0.2, 0.25) is 0 Å². The second kappa shape index (κ2) is 5.69. The van der Waals surface area contributed by atoms with Crippen LogP contribution in [-0.2, 0) is 0 Å². The lowest BCUT2D eigenvalue weighted by Gasteiger charge is -2.32. The van der Waals surface area contributed by atoms with E-state index in [4.69, 9.17) is 5.73 Å². The molecule has 0 fully saturated rings. The van der Waals surface area contributed by atoms with E-state index in [-0.39, 0.29) is 6.85 Å². The predicted octanol–water partition coefficient (Wildman–Crippen LogP) is 3.87. The van der Waals surface area contributed by atoms with E-state index in [0.717, 1.165) is 17.0 Å². The van der Waals surface area contributed by atoms with Crippen molar-refractivity contribution in [1.29, 1.82) is 0 Å². The fourth-order valence-electron chi connectivity index (χ4n) is 3.04. The van der Waals surface area contributed by atoms with Crippen LogP contribution in [-0.4, -0.2) is 11.7 Å². The number of benzene rings is 2. The van der Waals surface area contributed by atoms with Crippen molar-refractivity contribution < 1.29 is 0 Å². The number of allylic oxidation sites excluding steroid dienone is 4. The van der Waals surface area contributed by atoms with Gasteiger partial charge in [-0.3, -0.25) is 0 Å². The maximum atomic E-state index is 6.48. The Morgan fingerprint density at radius 2 is 1.35 bits per heavy atom. The van der Waals surface area contributed by atoms with Crippen molar-refractivity contribution in [3.8, 4) is 0 Å². The summed E-state index contributed by atoms with van der Waals surface area (Å²) in [5.74, 6) is 5.17. The summed E-state index contributed by atoms with van der Waals surface area (Å²) in [5.41, 5.74) is 11.1. The lowest BCUT2D eigenvalue weighted by atomic mass is 9.57. The van der Waals surface area contributed by atoms with Crippen molar-refractivity contribution in [3.63, 3.8) is 0 Å². The zero-order chi connectivity index (χ0) is 15.6. The molecule has 23 heavy (non-hydrogen) atoms. The maximum absolute atomic E-state index is 6.48. The van der Waals surface area contributed by atoms with E-state index in [1.54, 1.807) is 0 Å². The molecule has 2 aromatic carbocycles. The van der Waals surface area contributed by atoms with E-state index in [1.165, 1.54) is 11.1 Å². The third-order valence-corrected chi connectivity index (χ3v) is 4.28. The molecule has 0 radical (unpaired) electrons. The van der Waals surface area contributed by atoms with E-state index in [2.05, 4.69) is 71.5 Å². The number of hydrogen-bond acceptors (Lipinski definition) is 2. The Bertz CT molecular complexity index is 832. The first kappa shape index (κ1) is 13.7. The first-order valence-corrected chi connectivity index (χ1v) is 7.80. The molecule has 0 aliphatic carbocycles. The first-order valence-electron chi connectivity index (χ1n) is 7.80. The van der Waals surface area contributed by atoms with Gasteiger partial charge in [0.15, 0.2) is 0 Å². The van der Waals surface area contributed by atoms with Crippen LogP contribution in [0.4, 0.5) is 0 Å². The number of fused-ring (bicyclic) bond motifs is 1. The van der Waals surface area contributed by atoms with E-state index in [0.29, 0.717) is 0 Å². The van der Waals surface area contributed by atoms with Crippen molar-refractivity contribution in [3.05, 3.63) is 108 Å². The second-order valence-electron chi connectivity index (χ2n) is 5.73. The fraction of sp³-hybridized carbons (Fsp3) is 0. The lowest BCUT2D eigenvalue weighted by molar-refractivity contribution is 0.710. The molecule has 2 aromatic rings. The van der Waals surface area contributed by atoms with E-state index in [9.17, 15) is 0 Å². The molecule has 110 valence electrons. The van der Waals surface area contributed by atoms with Gasteiger partial charge in [-0.1, -0.05) is 84.8 Å². The quantitative estimate of drug-likeness (QED) is 0.852. The molecule has 4 rings (SSSR count). The van der Waals surface area contributed by atoms with Gasteiger partial charge in [-0.25, -0.2) is 0 Å². The van der Waals surface area contributed by atoms with Crippen LogP contribution in [0.2, 0.25) is 0 Å². The van der Waals surface area contributed by atoms with Crippen LogP contribution < -0.4 is 5.73 Å². The average molecular weight is 296 g/mol. The van der Waals surface area contributed by atoms with Gasteiger partial charge < -0.3 is 10.5 Å². The van der Waals surface area contributed by atoms with Gasteiger partial charge in [-0.15, -0.1) is 0 Å². The van der Waals surface area contributed by atoms with Crippen molar-refractivity contribution in [2.45, 2.75) is 0 Å². The molecule has 2 heterocycles. The zero-order valence-electron chi connectivity index (χ0n) is 12.8. The van der Waals surface area contributed by atoms with E-state index < -0.39 is 0 Å². The Labute approximate surface area is 137 Å². The Hall–Kier alpha value is -2.94. The molecule has 0 unspecified atom stereocenters. The Morgan fingerprint density at radius 3 is 2.04 bits per heavy atom. The Morgan fingerprint density at radius 1 is 0.739 bits per heavy atom. The SMILES string of the molecule is NC1=C(c2ccccc2)C=CB2C=CC(c3ccccc3)=CN21. The highest BCUT2D eigenvalue weighted by atomic mass is 15.1. The molecule has 2 N–H and O–H groups in total. The minimum Gasteiger partial charge on any atom is -0.386 e. The summed E-state index contributed by atoms with van der Waals surface area (Å²) in [6, 6.07) is 20.7. The molecule has 0 spiro atoms. The summed E-state index contributed by atoms with van der Waals surface area (Å²) in [6.07, 6.45) is 6.43. The number of hydrogen-bond donors (Lipinski definition) is 1. The molecular formula is C20H17BN2. The second-order valence-corrected chi connectivity index (χ2v) is 5.73. The molecule has 2 aliphatic rings. The Kier molecular flexibility index (Phi) is 3.39. The van der Waals surface area contributed by atoms with E-state index in [1.807, 2.05) is 24.3 Å². The topological polar surface area (TPSA) is 29.3 Å². The van der Waals surface area contributed by atoms with Gasteiger partial charge in [0.05, 0.1) is 5.82 Å². The minimum atomic E-state index is 0.190. The molecule has 0 amide bonds.